The first-order valence-corrected chi connectivity index (χ1v) is 10.7. The lowest BCUT2D eigenvalue weighted by atomic mass is 9.99. The van der Waals surface area contributed by atoms with Crippen LogP contribution in [0.2, 0.25) is 0 Å². The molecule has 5 rings (SSSR count). The third-order valence-corrected chi connectivity index (χ3v) is 6.23. The predicted molar refractivity (Wildman–Crippen MR) is 120 cm³/mol. The number of aromatic nitrogens is 4. The summed E-state index contributed by atoms with van der Waals surface area (Å²) < 4.78 is 3.59. The number of benzene rings is 1. The second-order valence-electron chi connectivity index (χ2n) is 8.34. The molecule has 1 aliphatic carbocycles. The van der Waals surface area contributed by atoms with Gasteiger partial charge in [0, 0.05) is 48.1 Å². The van der Waals surface area contributed by atoms with Gasteiger partial charge in [-0.3, -0.25) is 9.48 Å². The molecule has 0 saturated heterocycles. The summed E-state index contributed by atoms with van der Waals surface area (Å²) in [6.45, 7) is 0.936. The summed E-state index contributed by atoms with van der Waals surface area (Å²) in [4.78, 5) is 17.2. The van der Waals surface area contributed by atoms with Crippen LogP contribution in [0.25, 0.3) is 33.2 Å². The van der Waals surface area contributed by atoms with Crippen molar-refractivity contribution in [2.45, 2.75) is 32.2 Å². The highest BCUT2D eigenvalue weighted by Crippen LogP contribution is 2.32. The Bertz CT molecular complexity index is 1370. The summed E-state index contributed by atoms with van der Waals surface area (Å²) in [5, 5.41) is 15.5. The molecule has 3 heterocycles. The van der Waals surface area contributed by atoms with E-state index in [1.54, 1.807) is 23.9 Å². The average molecular weight is 409 g/mol. The molecular weight excluding hydrogens is 386 g/mol. The maximum absolute atomic E-state index is 12.6. The largest absolute Gasteiger partial charge is 0.318 e. The summed E-state index contributed by atoms with van der Waals surface area (Å²) >= 11 is 0. The normalized spacial score (nSPS) is 14.2. The first-order valence-electron chi connectivity index (χ1n) is 10.7. The molecule has 0 amide bonds. The molecule has 0 bridgehead atoms. The van der Waals surface area contributed by atoms with Gasteiger partial charge in [0.05, 0.1) is 11.9 Å². The lowest BCUT2D eigenvalue weighted by molar-refractivity contribution is 0.429. The maximum atomic E-state index is 12.6. The smallest absolute Gasteiger partial charge is 0.258 e. The number of aryl methyl sites for hydroxylation is 1. The van der Waals surface area contributed by atoms with E-state index < -0.39 is 0 Å². The minimum Gasteiger partial charge on any atom is -0.318 e. The summed E-state index contributed by atoms with van der Waals surface area (Å²) in [7, 11) is 1.74. The summed E-state index contributed by atoms with van der Waals surface area (Å²) in [5.41, 5.74) is 3.66. The number of nitriles is 1. The third kappa shape index (κ3) is 3.64. The predicted octanol–water partition coefficient (Wildman–Crippen LogP) is 4.53. The van der Waals surface area contributed by atoms with Gasteiger partial charge in [0.2, 0.25) is 0 Å². The first kappa shape index (κ1) is 19.3. The van der Waals surface area contributed by atoms with Crippen molar-refractivity contribution in [2.75, 3.05) is 0 Å². The first-order chi connectivity index (χ1) is 15.1. The van der Waals surface area contributed by atoms with Gasteiger partial charge >= 0.3 is 0 Å². The van der Waals surface area contributed by atoms with Crippen molar-refractivity contribution in [3.63, 3.8) is 0 Å². The zero-order chi connectivity index (χ0) is 21.4. The molecule has 31 heavy (non-hydrogen) atoms. The standard InChI is InChI=1S/C25H23N5O/c1-29-11-10-18-6-7-19(12-23(18)25(29)31)24-22(9-8-21(13-26)28-24)20-14-27-30(16-20)15-17-4-2-3-5-17/h6-12,14,16-17H,2-5,15H2,1H3. The van der Waals surface area contributed by atoms with Gasteiger partial charge < -0.3 is 4.57 Å². The van der Waals surface area contributed by atoms with Crippen LogP contribution in [0.15, 0.2) is 59.8 Å². The average Bonchev–Trinajstić information content (AvgIpc) is 3.48. The van der Waals surface area contributed by atoms with E-state index in [1.165, 1.54) is 25.7 Å². The van der Waals surface area contributed by atoms with E-state index in [2.05, 4.69) is 22.3 Å². The van der Waals surface area contributed by atoms with Crippen LogP contribution in [0.5, 0.6) is 0 Å². The van der Waals surface area contributed by atoms with Crippen LogP contribution in [0.4, 0.5) is 0 Å². The van der Waals surface area contributed by atoms with Crippen molar-refractivity contribution < 1.29 is 0 Å². The number of rotatable bonds is 4. The number of pyridine rings is 2. The molecule has 0 spiro atoms. The van der Waals surface area contributed by atoms with Gasteiger partial charge in [-0.15, -0.1) is 0 Å². The lowest BCUT2D eigenvalue weighted by Gasteiger charge is -2.10. The quantitative estimate of drug-likeness (QED) is 0.496. The summed E-state index contributed by atoms with van der Waals surface area (Å²) in [6, 6.07) is 13.5. The SMILES string of the molecule is Cn1ccc2ccc(-c3nc(C#N)ccc3-c3cnn(CC4CCCC4)c3)cc2c1=O. The van der Waals surface area contributed by atoms with Crippen LogP contribution in [0.1, 0.15) is 31.4 Å². The maximum Gasteiger partial charge on any atom is 0.258 e. The van der Waals surface area contributed by atoms with E-state index >= 15 is 0 Å². The molecule has 3 aromatic heterocycles. The fourth-order valence-electron chi connectivity index (χ4n) is 4.52. The van der Waals surface area contributed by atoms with Crippen LogP contribution in [-0.2, 0) is 13.6 Å². The minimum absolute atomic E-state index is 0.0540. The van der Waals surface area contributed by atoms with Gasteiger partial charge in [-0.1, -0.05) is 25.0 Å². The zero-order valence-corrected chi connectivity index (χ0v) is 17.5. The van der Waals surface area contributed by atoms with Crippen LogP contribution < -0.4 is 5.56 Å². The van der Waals surface area contributed by atoms with Crippen LogP contribution in [0.3, 0.4) is 0 Å². The molecule has 154 valence electrons. The van der Waals surface area contributed by atoms with Gasteiger partial charge in [-0.05, 0) is 48.4 Å². The molecule has 0 unspecified atom stereocenters. The Labute approximate surface area is 180 Å². The van der Waals surface area contributed by atoms with Crippen molar-refractivity contribution in [1.82, 2.24) is 19.3 Å². The molecule has 1 fully saturated rings. The Morgan fingerprint density at radius 3 is 2.77 bits per heavy atom. The Morgan fingerprint density at radius 2 is 1.97 bits per heavy atom. The lowest BCUT2D eigenvalue weighted by Crippen LogP contribution is -2.15. The third-order valence-electron chi connectivity index (χ3n) is 6.23. The van der Waals surface area contributed by atoms with Crippen molar-refractivity contribution >= 4 is 10.8 Å². The molecule has 6 heteroatoms. The van der Waals surface area contributed by atoms with Gasteiger partial charge in [-0.2, -0.15) is 10.4 Å². The fourth-order valence-corrected chi connectivity index (χ4v) is 4.52. The van der Waals surface area contributed by atoms with E-state index in [4.69, 9.17) is 0 Å². The van der Waals surface area contributed by atoms with E-state index in [9.17, 15) is 10.1 Å². The Morgan fingerprint density at radius 1 is 1.13 bits per heavy atom. The van der Waals surface area contributed by atoms with Crippen LogP contribution in [-0.4, -0.2) is 19.3 Å². The highest BCUT2D eigenvalue weighted by molar-refractivity contribution is 5.89. The van der Waals surface area contributed by atoms with Crippen molar-refractivity contribution in [3.05, 3.63) is 71.0 Å². The number of nitrogens with zero attached hydrogens (tertiary/aromatic N) is 5. The van der Waals surface area contributed by atoms with Crippen molar-refractivity contribution in [1.29, 1.82) is 5.26 Å². The van der Waals surface area contributed by atoms with E-state index in [1.807, 2.05) is 41.2 Å². The van der Waals surface area contributed by atoms with Gasteiger partial charge in [-0.25, -0.2) is 4.98 Å². The second kappa shape index (κ2) is 7.84. The molecule has 0 atom stereocenters. The topological polar surface area (TPSA) is 76.5 Å². The highest BCUT2D eigenvalue weighted by Gasteiger charge is 2.18. The summed E-state index contributed by atoms with van der Waals surface area (Å²) in [5.74, 6) is 0.697. The monoisotopic (exact) mass is 409 g/mol. The number of fused-ring (bicyclic) bond motifs is 1. The molecular formula is C25H23N5O. The molecule has 0 N–H and O–H groups in total. The van der Waals surface area contributed by atoms with Crippen LogP contribution in [0, 0.1) is 17.2 Å². The van der Waals surface area contributed by atoms with Gasteiger partial charge in [0.1, 0.15) is 11.8 Å². The molecule has 0 radical (unpaired) electrons. The highest BCUT2D eigenvalue weighted by atomic mass is 16.1. The van der Waals surface area contributed by atoms with Gasteiger partial charge in [0.15, 0.2) is 0 Å². The number of hydrogen-bond acceptors (Lipinski definition) is 4. The molecule has 1 saturated carbocycles. The molecule has 6 nitrogen and oxygen atoms in total. The molecule has 1 aromatic carbocycles. The van der Waals surface area contributed by atoms with E-state index in [0.717, 1.165) is 28.6 Å². The van der Waals surface area contributed by atoms with E-state index in [-0.39, 0.29) is 5.56 Å². The zero-order valence-electron chi connectivity index (χ0n) is 17.5. The number of hydrogen-bond donors (Lipinski definition) is 0. The Balaban J connectivity index is 1.60. The van der Waals surface area contributed by atoms with E-state index in [0.29, 0.717) is 22.7 Å². The Hall–Kier alpha value is -3.72. The summed E-state index contributed by atoms with van der Waals surface area (Å²) in [6.07, 6.45) is 10.8. The van der Waals surface area contributed by atoms with Crippen molar-refractivity contribution in [2.24, 2.45) is 13.0 Å². The van der Waals surface area contributed by atoms with Crippen molar-refractivity contribution in [3.8, 4) is 28.5 Å². The molecule has 4 aromatic rings. The minimum atomic E-state index is -0.0540. The molecule has 1 aliphatic rings. The fraction of sp³-hybridized carbons (Fsp3) is 0.280. The molecule has 0 aliphatic heterocycles. The van der Waals surface area contributed by atoms with Crippen LogP contribution >= 0.6 is 0 Å². The second-order valence-corrected chi connectivity index (χ2v) is 8.34. The van der Waals surface area contributed by atoms with Gasteiger partial charge in [0.25, 0.3) is 5.56 Å². The Kier molecular flexibility index (Phi) is 4.87.